The minimum absolute atomic E-state index is 0.0809. The van der Waals surface area contributed by atoms with Gasteiger partial charge in [0.25, 0.3) is 0 Å². The summed E-state index contributed by atoms with van der Waals surface area (Å²) in [5.74, 6) is -0.416. The van der Waals surface area contributed by atoms with Crippen LogP contribution in [0.2, 0.25) is 5.02 Å². The number of aromatic nitrogens is 1. The van der Waals surface area contributed by atoms with Gasteiger partial charge in [-0.05, 0) is 24.6 Å². The first-order valence-corrected chi connectivity index (χ1v) is 7.95. The van der Waals surface area contributed by atoms with Crippen LogP contribution in [-0.2, 0) is 20.0 Å². The second-order valence-electron chi connectivity index (χ2n) is 5.54. The summed E-state index contributed by atoms with van der Waals surface area (Å²) in [5, 5.41) is 3.80. The maximum Gasteiger partial charge on any atom is 0.193 e. The second kappa shape index (κ2) is 8.15. The van der Waals surface area contributed by atoms with Crippen molar-refractivity contribution in [2.75, 3.05) is 20.6 Å². The van der Waals surface area contributed by atoms with Gasteiger partial charge in [0.05, 0.1) is 11.6 Å². The zero-order valence-electron chi connectivity index (χ0n) is 14.0. The van der Waals surface area contributed by atoms with Crippen LogP contribution in [-0.4, -0.2) is 36.1 Å². The molecule has 0 aliphatic heterocycles. The Morgan fingerprint density at radius 2 is 2.00 bits per heavy atom. The first-order chi connectivity index (χ1) is 11.4. The zero-order valence-corrected chi connectivity index (χ0v) is 14.7. The van der Waals surface area contributed by atoms with E-state index in [-0.39, 0.29) is 12.0 Å². The van der Waals surface area contributed by atoms with Crippen molar-refractivity contribution in [1.29, 1.82) is 0 Å². The number of aryl methyl sites for hydroxylation is 1. The van der Waals surface area contributed by atoms with E-state index in [2.05, 4.69) is 10.3 Å². The highest BCUT2D eigenvalue weighted by atomic mass is 35.5. The average molecular weight is 355 g/mol. The van der Waals surface area contributed by atoms with E-state index in [1.165, 1.54) is 18.2 Å². The van der Waals surface area contributed by atoms with Crippen molar-refractivity contribution < 1.29 is 8.78 Å². The summed E-state index contributed by atoms with van der Waals surface area (Å²) < 4.78 is 29.2. The smallest absolute Gasteiger partial charge is 0.193 e. The highest BCUT2D eigenvalue weighted by Gasteiger charge is 2.11. The number of aliphatic imine (C=N–C) groups is 1. The second-order valence-corrected chi connectivity index (χ2v) is 5.98. The number of benzene rings is 1. The molecule has 2 rings (SSSR count). The summed E-state index contributed by atoms with van der Waals surface area (Å²) in [4.78, 5) is 6.12. The van der Waals surface area contributed by atoms with Gasteiger partial charge >= 0.3 is 0 Å². The summed E-state index contributed by atoms with van der Waals surface area (Å²) >= 11 is 5.99. The number of nitrogens with zero attached hydrogens (tertiary/aromatic N) is 3. The average Bonchev–Trinajstić information content (AvgIpc) is 2.83. The van der Waals surface area contributed by atoms with Crippen LogP contribution in [0.1, 0.15) is 11.3 Å². The fourth-order valence-corrected chi connectivity index (χ4v) is 2.77. The topological polar surface area (TPSA) is 32.6 Å². The van der Waals surface area contributed by atoms with Crippen LogP contribution in [0.5, 0.6) is 0 Å². The summed E-state index contributed by atoms with van der Waals surface area (Å²) in [6.45, 7) is 0.986. The van der Waals surface area contributed by atoms with Crippen LogP contribution >= 0.6 is 11.6 Å². The lowest BCUT2D eigenvalue weighted by Gasteiger charge is -2.22. The van der Waals surface area contributed by atoms with Crippen LogP contribution in [0, 0.1) is 11.6 Å². The molecule has 0 spiro atoms. The molecule has 0 atom stereocenters. The molecule has 24 heavy (non-hydrogen) atoms. The Kier molecular flexibility index (Phi) is 6.20. The van der Waals surface area contributed by atoms with Crippen molar-refractivity contribution in [3.05, 3.63) is 58.4 Å². The van der Waals surface area contributed by atoms with E-state index in [1.54, 1.807) is 7.05 Å². The van der Waals surface area contributed by atoms with Crippen LogP contribution in [0.15, 0.2) is 35.5 Å². The molecule has 1 heterocycles. The zero-order chi connectivity index (χ0) is 17.7. The van der Waals surface area contributed by atoms with Gasteiger partial charge in [0.2, 0.25) is 0 Å². The molecular formula is C17H21ClF2N4. The lowest BCUT2D eigenvalue weighted by molar-refractivity contribution is 0.461. The van der Waals surface area contributed by atoms with Gasteiger partial charge in [-0.2, -0.15) is 0 Å². The minimum Gasteiger partial charge on any atom is -0.356 e. The van der Waals surface area contributed by atoms with Crippen LogP contribution in [0.3, 0.4) is 0 Å². The van der Waals surface area contributed by atoms with Gasteiger partial charge in [-0.1, -0.05) is 17.7 Å². The molecule has 0 amide bonds. The Hall–Kier alpha value is -2.08. The summed E-state index contributed by atoms with van der Waals surface area (Å²) in [5.41, 5.74) is 1.11. The first kappa shape index (κ1) is 18.3. The number of rotatable bonds is 5. The van der Waals surface area contributed by atoms with Crippen molar-refractivity contribution in [2.45, 2.75) is 13.0 Å². The Balaban J connectivity index is 1.93. The van der Waals surface area contributed by atoms with Crippen LogP contribution in [0.4, 0.5) is 8.78 Å². The molecule has 0 aliphatic carbocycles. The van der Waals surface area contributed by atoms with Crippen molar-refractivity contribution in [1.82, 2.24) is 14.8 Å². The SMILES string of the molecule is CN=C(NCCc1c(F)cccc1F)N(C)Cc1cc(Cl)cn1C. The third-order valence-corrected chi connectivity index (χ3v) is 3.97. The van der Waals surface area contributed by atoms with Gasteiger partial charge in [-0.25, -0.2) is 8.78 Å². The third kappa shape index (κ3) is 4.47. The van der Waals surface area contributed by atoms with Gasteiger partial charge < -0.3 is 14.8 Å². The Morgan fingerprint density at radius 1 is 1.33 bits per heavy atom. The Bertz CT molecular complexity index is 707. The fraction of sp³-hybridized carbons (Fsp3) is 0.353. The molecule has 0 radical (unpaired) electrons. The summed E-state index contributed by atoms with van der Waals surface area (Å²) in [6, 6.07) is 5.77. The van der Waals surface area contributed by atoms with E-state index in [0.717, 1.165) is 5.69 Å². The van der Waals surface area contributed by atoms with Crippen LogP contribution in [0.25, 0.3) is 0 Å². The Morgan fingerprint density at radius 3 is 2.54 bits per heavy atom. The maximum atomic E-state index is 13.6. The predicted octanol–water partition coefficient (Wildman–Crippen LogP) is 3.21. The third-order valence-electron chi connectivity index (χ3n) is 3.77. The van der Waals surface area contributed by atoms with E-state index >= 15 is 0 Å². The number of nitrogens with one attached hydrogen (secondary N) is 1. The van der Waals surface area contributed by atoms with E-state index in [1.807, 2.05) is 35.8 Å². The van der Waals surface area contributed by atoms with Crippen molar-refractivity contribution in [3.63, 3.8) is 0 Å². The highest BCUT2D eigenvalue weighted by molar-refractivity contribution is 6.30. The van der Waals surface area contributed by atoms with Gasteiger partial charge in [0.15, 0.2) is 5.96 Å². The molecule has 0 fully saturated rings. The molecular weight excluding hydrogens is 334 g/mol. The molecule has 0 saturated carbocycles. The van der Waals surface area contributed by atoms with Crippen molar-refractivity contribution in [3.8, 4) is 0 Å². The molecule has 4 nitrogen and oxygen atoms in total. The number of hydrogen-bond acceptors (Lipinski definition) is 1. The van der Waals surface area contributed by atoms with Gasteiger partial charge in [-0.15, -0.1) is 0 Å². The Labute approximate surface area is 145 Å². The van der Waals surface area contributed by atoms with Crippen molar-refractivity contribution in [2.24, 2.45) is 12.0 Å². The molecule has 7 heteroatoms. The maximum absolute atomic E-state index is 13.6. The van der Waals surface area contributed by atoms with Gasteiger partial charge in [0.1, 0.15) is 11.6 Å². The molecule has 1 aromatic carbocycles. The van der Waals surface area contributed by atoms with E-state index in [4.69, 9.17) is 11.6 Å². The fourth-order valence-electron chi connectivity index (χ4n) is 2.50. The summed E-state index contributed by atoms with van der Waals surface area (Å²) in [7, 11) is 5.48. The predicted molar refractivity (Wildman–Crippen MR) is 93.3 cm³/mol. The van der Waals surface area contributed by atoms with E-state index < -0.39 is 11.6 Å². The molecule has 2 aromatic rings. The lowest BCUT2D eigenvalue weighted by atomic mass is 10.1. The van der Waals surface area contributed by atoms with Crippen molar-refractivity contribution >= 4 is 17.6 Å². The molecule has 0 saturated heterocycles. The van der Waals surface area contributed by atoms with E-state index in [0.29, 0.717) is 24.1 Å². The molecule has 0 aliphatic rings. The van der Waals surface area contributed by atoms with Crippen LogP contribution < -0.4 is 5.32 Å². The number of halogens is 3. The summed E-state index contributed by atoms with van der Waals surface area (Å²) in [6.07, 6.45) is 2.07. The monoisotopic (exact) mass is 354 g/mol. The minimum atomic E-state index is -0.529. The lowest BCUT2D eigenvalue weighted by Crippen LogP contribution is -2.39. The quantitative estimate of drug-likeness (QED) is 0.660. The molecule has 1 N–H and O–H groups in total. The molecule has 0 bridgehead atoms. The molecule has 130 valence electrons. The van der Waals surface area contributed by atoms with E-state index in [9.17, 15) is 8.78 Å². The standard InChI is InChI=1S/C17H21ClF2N4/c1-21-17(24(3)11-13-9-12(18)10-23(13)2)22-8-7-14-15(19)5-4-6-16(14)20/h4-6,9-10H,7-8,11H2,1-3H3,(H,21,22). The molecule has 0 unspecified atom stereocenters. The molecule has 1 aromatic heterocycles. The van der Waals surface area contributed by atoms with Gasteiger partial charge in [0, 0.05) is 45.1 Å². The number of hydrogen-bond donors (Lipinski definition) is 1. The normalized spacial score (nSPS) is 11.7. The highest BCUT2D eigenvalue weighted by Crippen LogP contribution is 2.14. The number of guanidine groups is 1. The first-order valence-electron chi connectivity index (χ1n) is 7.57. The largest absolute Gasteiger partial charge is 0.356 e. The van der Waals surface area contributed by atoms with Gasteiger partial charge in [-0.3, -0.25) is 4.99 Å².